The second-order valence-electron chi connectivity index (χ2n) is 8.50. The first-order chi connectivity index (χ1) is 9.50. The largest absolute Gasteiger partial charge is 0.437 e. The van der Waals surface area contributed by atoms with E-state index in [1.54, 1.807) is 0 Å². The highest BCUT2D eigenvalue weighted by Crippen LogP contribution is 2.49. The molecule has 2 aliphatic rings. The molecule has 3 unspecified atom stereocenters. The molecule has 0 aromatic heterocycles. The fraction of sp³-hybridized carbons (Fsp3) is 1.00. The van der Waals surface area contributed by atoms with E-state index in [1.807, 2.05) is 6.82 Å². The minimum Gasteiger partial charge on any atom is -0.437 e. The van der Waals surface area contributed by atoms with Crippen LogP contribution < -0.4 is 0 Å². The van der Waals surface area contributed by atoms with E-state index in [4.69, 9.17) is 4.43 Å². The molecule has 4 nitrogen and oxygen atoms in total. The van der Waals surface area contributed by atoms with E-state index in [0.717, 1.165) is 32.3 Å². The standard InChI is InChI=1S/C15H32BNO3Si/c1-14(2,3)21(5,6)20-10-9-15-8-7-12(13(18)11-15)17(15)16(4)19/h12-13,18-19H,7-11H2,1-6H3. The van der Waals surface area contributed by atoms with Gasteiger partial charge >= 0.3 is 7.05 Å². The number of hydrogen-bond acceptors (Lipinski definition) is 4. The first-order valence-electron chi connectivity index (χ1n) is 8.29. The van der Waals surface area contributed by atoms with E-state index in [2.05, 4.69) is 38.7 Å². The molecule has 6 heteroatoms. The SMILES string of the molecule is CB(O)N1C2CCC1(CCO[Si](C)(C)C(C)(C)C)CC2O. The van der Waals surface area contributed by atoms with Crippen molar-refractivity contribution in [1.82, 2.24) is 4.81 Å². The van der Waals surface area contributed by atoms with Gasteiger partial charge in [-0.05, 0) is 50.6 Å². The van der Waals surface area contributed by atoms with Gasteiger partial charge in [0.25, 0.3) is 0 Å². The third-order valence-electron chi connectivity index (χ3n) is 6.08. The molecule has 0 spiro atoms. The summed E-state index contributed by atoms with van der Waals surface area (Å²) in [6, 6.07) is 0.137. The van der Waals surface area contributed by atoms with E-state index in [1.165, 1.54) is 0 Å². The Balaban J connectivity index is 1.99. The first kappa shape index (κ1) is 17.5. The number of aliphatic hydroxyl groups excluding tert-OH is 1. The monoisotopic (exact) mass is 313 g/mol. The maximum Gasteiger partial charge on any atom is 0.377 e. The van der Waals surface area contributed by atoms with Gasteiger partial charge in [0.15, 0.2) is 8.32 Å². The fourth-order valence-electron chi connectivity index (χ4n) is 3.89. The molecule has 122 valence electrons. The van der Waals surface area contributed by atoms with Crippen LogP contribution in [0.1, 0.15) is 46.5 Å². The van der Waals surface area contributed by atoms with Gasteiger partial charge in [0, 0.05) is 18.2 Å². The molecular formula is C15H32BNO3Si. The molecular weight excluding hydrogens is 281 g/mol. The minimum atomic E-state index is -1.72. The lowest BCUT2D eigenvalue weighted by Crippen LogP contribution is -2.50. The molecule has 0 aromatic carbocycles. The molecule has 0 radical (unpaired) electrons. The summed E-state index contributed by atoms with van der Waals surface area (Å²) in [5.41, 5.74) is -0.0549. The van der Waals surface area contributed by atoms with Crippen LogP contribution in [0.15, 0.2) is 0 Å². The Labute approximate surface area is 131 Å². The van der Waals surface area contributed by atoms with Crippen molar-refractivity contribution in [2.75, 3.05) is 6.61 Å². The van der Waals surface area contributed by atoms with E-state index in [9.17, 15) is 10.1 Å². The topological polar surface area (TPSA) is 52.9 Å². The van der Waals surface area contributed by atoms with Crippen LogP contribution in [0.5, 0.6) is 0 Å². The Bertz CT molecular complexity index is 386. The van der Waals surface area contributed by atoms with Gasteiger partial charge in [-0.3, -0.25) is 0 Å². The molecule has 2 fully saturated rings. The van der Waals surface area contributed by atoms with E-state index >= 15 is 0 Å². The zero-order chi connectivity index (χ0) is 16.1. The molecule has 0 amide bonds. The maximum atomic E-state index is 10.2. The van der Waals surface area contributed by atoms with Crippen molar-refractivity contribution in [3.8, 4) is 0 Å². The smallest absolute Gasteiger partial charge is 0.377 e. The number of fused-ring (bicyclic) bond motifs is 2. The van der Waals surface area contributed by atoms with Crippen molar-refractivity contribution < 1.29 is 14.6 Å². The second-order valence-corrected chi connectivity index (χ2v) is 13.3. The number of rotatable bonds is 5. The minimum absolute atomic E-state index is 0.0549. The van der Waals surface area contributed by atoms with Crippen molar-refractivity contribution in [2.24, 2.45) is 0 Å². The van der Waals surface area contributed by atoms with Crippen LogP contribution in [0.25, 0.3) is 0 Å². The highest BCUT2D eigenvalue weighted by atomic mass is 28.4. The van der Waals surface area contributed by atoms with E-state index in [0.29, 0.717) is 0 Å². The average Bonchev–Trinajstić information content (AvgIpc) is 2.78. The molecule has 2 rings (SSSR count). The van der Waals surface area contributed by atoms with Gasteiger partial charge in [-0.1, -0.05) is 20.8 Å². The predicted octanol–water partition coefficient (Wildman–Crippen LogP) is 2.48. The molecule has 0 aliphatic carbocycles. The van der Waals surface area contributed by atoms with Crippen molar-refractivity contribution in [3.05, 3.63) is 0 Å². The second kappa shape index (κ2) is 5.64. The summed E-state index contributed by atoms with van der Waals surface area (Å²) in [6.07, 6.45) is 3.47. The quantitative estimate of drug-likeness (QED) is 0.766. The summed E-state index contributed by atoms with van der Waals surface area (Å²) in [7, 11) is -2.20. The summed E-state index contributed by atoms with van der Waals surface area (Å²) >= 11 is 0. The molecule has 3 atom stereocenters. The Morgan fingerprint density at radius 1 is 1.38 bits per heavy atom. The van der Waals surface area contributed by atoms with Gasteiger partial charge in [-0.2, -0.15) is 0 Å². The molecule has 2 aliphatic heterocycles. The maximum absolute atomic E-state index is 10.2. The van der Waals surface area contributed by atoms with Crippen molar-refractivity contribution in [2.45, 2.75) is 89.1 Å². The van der Waals surface area contributed by atoms with Crippen LogP contribution in [0.3, 0.4) is 0 Å². The lowest BCUT2D eigenvalue weighted by molar-refractivity contribution is 0.127. The van der Waals surface area contributed by atoms with Gasteiger partial charge < -0.3 is 19.4 Å². The molecule has 0 saturated carbocycles. The molecule has 21 heavy (non-hydrogen) atoms. The van der Waals surface area contributed by atoms with Crippen LogP contribution in [0.4, 0.5) is 0 Å². The van der Waals surface area contributed by atoms with Crippen LogP contribution in [-0.4, -0.2) is 54.6 Å². The summed E-state index contributed by atoms with van der Waals surface area (Å²) < 4.78 is 6.31. The van der Waals surface area contributed by atoms with E-state index in [-0.39, 0.29) is 22.7 Å². The lowest BCUT2D eigenvalue weighted by atomic mass is 9.78. The van der Waals surface area contributed by atoms with Crippen molar-refractivity contribution in [3.63, 3.8) is 0 Å². The number of hydrogen-bond donors (Lipinski definition) is 2. The Morgan fingerprint density at radius 3 is 2.48 bits per heavy atom. The number of nitrogens with zero attached hydrogens (tertiary/aromatic N) is 1. The Hall–Kier alpha value is 0.122. The fourth-order valence-corrected chi connectivity index (χ4v) is 4.93. The van der Waals surface area contributed by atoms with Crippen LogP contribution in [-0.2, 0) is 4.43 Å². The van der Waals surface area contributed by atoms with Gasteiger partial charge in [-0.15, -0.1) is 0 Å². The Kier molecular flexibility index (Phi) is 4.69. The zero-order valence-corrected chi connectivity index (χ0v) is 15.5. The Morgan fingerprint density at radius 2 is 2.00 bits per heavy atom. The van der Waals surface area contributed by atoms with E-state index < -0.39 is 15.4 Å². The third-order valence-corrected chi connectivity index (χ3v) is 10.6. The van der Waals surface area contributed by atoms with Gasteiger partial charge in [0.2, 0.25) is 0 Å². The number of aliphatic hydroxyl groups is 1. The van der Waals surface area contributed by atoms with Gasteiger partial charge in [-0.25, -0.2) is 0 Å². The summed E-state index contributed by atoms with van der Waals surface area (Å²) in [4.78, 5) is 2.15. The predicted molar refractivity (Wildman–Crippen MR) is 89.8 cm³/mol. The lowest BCUT2D eigenvalue weighted by Gasteiger charge is -2.39. The average molecular weight is 313 g/mol. The van der Waals surface area contributed by atoms with Crippen LogP contribution >= 0.6 is 0 Å². The van der Waals surface area contributed by atoms with Gasteiger partial charge in [0.05, 0.1) is 6.10 Å². The van der Waals surface area contributed by atoms with Crippen LogP contribution in [0, 0.1) is 0 Å². The highest BCUT2D eigenvalue weighted by molar-refractivity contribution is 6.74. The molecule has 0 aromatic rings. The van der Waals surface area contributed by atoms with Gasteiger partial charge in [0.1, 0.15) is 0 Å². The summed E-state index contributed by atoms with van der Waals surface area (Å²) in [5.74, 6) is 0. The summed E-state index contributed by atoms with van der Waals surface area (Å²) in [6.45, 7) is 13.9. The first-order valence-corrected chi connectivity index (χ1v) is 11.2. The molecule has 2 saturated heterocycles. The van der Waals surface area contributed by atoms with Crippen LogP contribution in [0.2, 0.25) is 25.0 Å². The highest BCUT2D eigenvalue weighted by Gasteiger charge is 2.57. The van der Waals surface area contributed by atoms with Crippen molar-refractivity contribution >= 4 is 15.4 Å². The third kappa shape index (κ3) is 3.11. The zero-order valence-electron chi connectivity index (χ0n) is 14.5. The normalized spacial score (nSPS) is 33.7. The molecule has 2 heterocycles. The molecule has 2 bridgehead atoms. The van der Waals surface area contributed by atoms with Crippen molar-refractivity contribution in [1.29, 1.82) is 0 Å². The molecule has 2 N–H and O–H groups in total. The summed E-state index contributed by atoms with van der Waals surface area (Å²) in [5, 5.41) is 20.5.